The van der Waals surface area contributed by atoms with E-state index in [1.807, 2.05) is 0 Å². The quantitative estimate of drug-likeness (QED) is 0.189. The summed E-state index contributed by atoms with van der Waals surface area (Å²) in [7, 11) is 0. The van der Waals surface area contributed by atoms with E-state index in [9.17, 15) is 65.9 Å². The molecule has 0 bridgehead atoms. The van der Waals surface area contributed by atoms with Gasteiger partial charge < -0.3 is 39.9 Å². The van der Waals surface area contributed by atoms with E-state index in [-0.39, 0.29) is 76.3 Å². The summed E-state index contributed by atoms with van der Waals surface area (Å²) < 4.78 is 83.6. The van der Waals surface area contributed by atoms with Crippen LogP contribution in [0.15, 0.2) is 72.8 Å². The summed E-state index contributed by atoms with van der Waals surface area (Å²) >= 11 is 0. The van der Waals surface area contributed by atoms with E-state index in [1.54, 1.807) is 9.80 Å². The Labute approximate surface area is 337 Å². The minimum Gasteiger partial charge on any atom is -0.492 e. The SMILES string of the molecule is O=C(On1c(O)ccc1O)c1ccc(CN2CCCN(C(=O)C(F)(F)F)CCN(Cc3ccc(C(=O)On4c(O)ccc4O)cc3)CCCN(C(=O)C(F)(F)F)CC2)cc1. The van der Waals surface area contributed by atoms with Crippen LogP contribution in [0.3, 0.4) is 0 Å². The third-order valence-corrected chi connectivity index (χ3v) is 9.37. The van der Waals surface area contributed by atoms with E-state index in [0.29, 0.717) is 30.4 Å². The molecule has 3 heterocycles. The zero-order chi connectivity index (χ0) is 43.8. The van der Waals surface area contributed by atoms with Gasteiger partial charge in [0.15, 0.2) is 0 Å². The van der Waals surface area contributed by atoms with Crippen molar-refractivity contribution < 1.29 is 75.6 Å². The first kappa shape index (κ1) is 44.7. The molecule has 0 atom stereocenters. The summed E-state index contributed by atoms with van der Waals surface area (Å²) in [6.45, 7) is -1.82. The summed E-state index contributed by atoms with van der Waals surface area (Å²) in [5.41, 5.74) is 1.05. The van der Waals surface area contributed by atoms with Crippen LogP contribution in [-0.2, 0) is 22.7 Å². The fourth-order valence-corrected chi connectivity index (χ4v) is 6.29. The fraction of sp³-hybridized carbons (Fsp3) is 0.368. The second-order valence-corrected chi connectivity index (χ2v) is 13.7. The van der Waals surface area contributed by atoms with Crippen molar-refractivity contribution in [2.24, 2.45) is 0 Å². The monoisotopic (exact) mass is 854 g/mol. The number of benzene rings is 2. The van der Waals surface area contributed by atoms with Crippen molar-refractivity contribution in [3.05, 3.63) is 95.1 Å². The molecule has 2 aromatic heterocycles. The fourth-order valence-electron chi connectivity index (χ4n) is 6.29. The van der Waals surface area contributed by atoms with Crippen molar-refractivity contribution >= 4 is 23.8 Å². The Bertz CT molecular complexity index is 1930. The number of aromatic hydroxyl groups is 4. The Morgan fingerprint density at radius 3 is 1.08 bits per heavy atom. The van der Waals surface area contributed by atoms with Crippen LogP contribution < -0.4 is 9.68 Å². The maximum absolute atomic E-state index is 13.8. The average Bonchev–Trinajstić information content (AvgIpc) is 3.69. The Kier molecular flexibility index (Phi) is 14.2. The van der Waals surface area contributed by atoms with E-state index < -0.39 is 72.7 Å². The summed E-state index contributed by atoms with van der Waals surface area (Å²) in [6, 6.07) is 15.7. The first-order valence-electron chi connectivity index (χ1n) is 18.3. The molecule has 0 spiro atoms. The molecule has 1 fully saturated rings. The molecule has 4 aromatic rings. The largest absolute Gasteiger partial charge is 0.492 e. The molecule has 1 aliphatic rings. The van der Waals surface area contributed by atoms with Crippen molar-refractivity contribution in [1.82, 2.24) is 29.1 Å². The number of halogens is 6. The number of aromatic nitrogens is 2. The number of nitrogens with zero attached hydrogens (tertiary/aromatic N) is 6. The molecular formula is C38H40F6N6O10. The van der Waals surface area contributed by atoms with Crippen LogP contribution in [0, 0.1) is 0 Å². The summed E-state index contributed by atoms with van der Waals surface area (Å²) in [5.74, 6) is -8.24. The summed E-state index contributed by atoms with van der Waals surface area (Å²) in [5, 5.41) is 39.0. The number of carbonyl (C=O) groups is 4. The van der Waals surface area contributed by atoms with Gasteiger partial charge in [0.25, 0.3) is 0 Å². The molecule has 22 heteroatoms. The molecule has 1 saturated heterocycles. The summed E-state index contributed by atoms with van der Waals surface area (Å²) in [4.78, 5) is 64.8. The van der Waals surface area contributed by atoms with Crippen LogP contribution in [0.4, 0.5) is 26.3 Å². The van der Waals surface area contributed by atoms with Gasteiger partial charge in [0.1, 0.15) is 0 Å². The van der Waals surface area contributed by atoms with Crippen molar-refractivity contribution in [3.8, 4) is 23.5 Å². The van der Waals surface area contributed by atoms with Gasteiger partial charge in [0.2, 0.25) is 23.5 Å². The molecular weight excluding hydrogens is 814 g/mol. The van der Waals surface area contributed by atoms with E-state index in [4.69, 9.17) is 9.68 Å². The van der Waals surface area contributed by atoms with Gasteiger partial charge in [-0.05, 0) is 48.2 Å². The molecule has 2 amide bonds. The predicted molar refractivity (Wildman–Crippen MR) is 195 cm³/mol. The predicted octanol–water partition coefficient (Wildman–Crippen LogP) is 3.53. The molecule has 4 N–H and O–H groups in total. The molecule has 0 radical (unpaired) electrons. The van der Waals surface area contributed by atoms with Crippen molar-refractivity contribution in [1.29, 1.82) is 0 Å². The van der Waals surface area contributed by atoms with Gasteiger partial charge in [0, 0.05) is 89.7 Å². The molecule has 324 valence electrons. The van der Waals surface area contributed by atoms with Crippen LogP contribution >= 0.6 is 0 Å². The second kappa shape index (κ2) is 19.1. The standard InChI is InChI=1S/C38H40F6N6O10/c39-37(40,41)35(57)47-17-1-15-45(23-25-3-7-27(8-4-25)33(55)59-49-29(51)11-12-30(49)52)19-22-48(36(58)38(42,43)44)18-2-16-46(20-21-47)24-26-5-9-28(10-6-26)34(56)60-50-31(53)13-14-32(50)54/h3-14,51-54H,1-2,15-24H2. The van der Waals surface area contributed by atoms with E-state index in [0.717, 1.165) is 24.3 Å². The van der Waals surface area contributed by atoms with Crippen LogP contribution in [0.1, 0.15) is 44.7 Å². The smallest absolute Gasteiger partial charge is 0.471 e. The first-order valence-corrected chi connectivity index (χ1v) is 18.3. The maximum atomic E-state index is 13.8. The number of amides is 2. The van der Waals surface area contributed by atoms with Crippen LogP contribution in [0.5, 0.6) is 23.5 Å². The minimum absolute atomic E-state index is 0.00120. The Morgan fingerprint density at radius 2 is 0.783 bits per heavy atom. The van der Waals surface area contributed by atoms with Gasteiger partial charge in [-0.15, -0.1) is 9.46 Å². The molecule has 16 nitrogen and oxygen atoms in total. The molecule has 0 saturated carbocycles. The average molecular weight is 855 g/mol. The zero-order valence-corrected chi connectivity index (χ0v) is 31.6. The zero-order valence-electron chi connectivity index (χ0n) is 31.6. The number of alkyl halides is 6. The van der Waals surface area contributed by atoms with Gasteiger partial charge in [-0.3, -0.25) is 19.4 Å². The van der Waals surface area contributed by atoms with Crippen LogP contribution in [0.25, 0.3) is 0 Å². The van der Waals surface area contributed by atoms with Gasteiger partial charge >= 0.3 is 36.1 Å². The van der Waals surface area contributed by atoms with Crippen molar-refractivity contribution in [3.63, 3.8) is 0 Å². The summed E-state index contributed by atoms with van der Waals surface area (Å²) in [6.07, 6.45) is -10.5. The Balaban J connectivity index is 1.30. The van der Waals surface area contributed by atoms with Gasteiger partial charge in [-0.1, -0.05) is 24.3 Å². The van der Waals surface area contributed by atoms with Crippen LogP contribution in [0.2, 0.25) is 0 Å². The normalized spacial score (nSPS) is 15.6. The first-order chi connectivity index (χ1) is 28.3. The third-order valence-electron chi connectivity index (χ3n) is 9.37. The maximum Gasteiger partial charge on any atom is 0.471 e. The lowest BCUT2D eigenvalue weighted by molar-refractivity contribution is -0.186. The van der Waals surface area contributed by atoms with Gasteiger partial charge in [0.05, 0.1) is 11.1 Å². The molecule has 2 aromatic carbocycles. The molecule has 0 aliphatic carbocycles. The highest BCUT2D eigenvalue weighted by atomic mass is 19.4. The number of rotatable bonds is 8. The highest BCUT2D eigenvalue weighted by Crippen LogP contribution is 2.23. The van der Waals surface area contributed by atoms with E-state index >= 15 is 0 Å². The van der Waals surface area contributed by atoms with Crippen LogP contribution in [-0.4, -0.2) is 138 Å². The number of hydrogen-bond donors (Lipinski definition) is 4. The Hall–Kier alpha value is -6.42. The second-order valence-electron chi connectivity index (χ2n) is 13.7. The lowest BCUT2D eigenvalue weighted by Crippen LogP contribution is -2.48. The molecule has 60 heavy (non-hydrogen) atoms. The molecule has 1 aliphatic heterocycles. The number of hydrogen-bond acceptors (Lipinski definition) is 12. The highest BCUT2D eigenvalue weighted by molar-refractivity contribution is 5.90. The Morgan fingerprint density at radius 1 is 0.467 bits per heavy atom. The van der Waals surface area contributed by atoms with Gasteiger partial charge in [-0.2, -0.15) is 26.3 Å². The van der Waals surface area contributed by atoms with E-state index in [2.05, 4.69) is 0 Å². The van der Waals surface area contributed by atoms with Crippen molar-refractivity contribution in [2.75, 3.05) is 52.4 Å². The third kappa shape index (κ3) is 11.8. The minimum atomic E-state index is -5.20. The highest BCUT2D eigenvalue weighted by Gasteiger charge is 2.43. The molecule has 5 rings (SSSR count). The lowest BCUT2D eigenvalue weighted by Gasteiger charge is -2.32. The van der Waals surface area contributed by atoms with Gasteiger partial charge in [-0.25, -0.2) is 9.59 Å². The van der Waals surface area contributed by atoms with Crippen molar-refractivity contribution in [2.45, 2.75) is 38.3 Å². The lowest BCUT2D eigenvalue weighted by atomic mass is 10.1. The van der Waals surface area contributed by atoms with E-state index in [1.165, 1.54) is 48.5 Å². The topological polar surface area (TPSA) is 190 Å². The molecule has 0 unspecified atom stereocenters. The number of carbonyl (C=O) groups excluding carboxylic acids is 4.